The third-order valence-electron chi connectivity index (χ3n) is 4.02. The molecule has 0 saturated carbocycles. The lowest BCUT2D eigenvalue weighted by atomic mass is 10.2. The number of anilines is 1. The summed E-state index contributed by atoms with van der Waals surface area (Å²) >= 11 is 1.55. The van der Waals surface area contributed by atoms with Gasteiger partial charge in [0.2, 0.25) is 0 Å². The van der Waals surface area contributed by atoms with Crippen LogP contribution in [-0.2, 0) is 7.05 Å². The Labute approximate surface area is 159 Å². The molecular formula is C20H15N5OS. The zero-order chi connectivity index (χ0) is 18.8. The third kappa shape index (κ3) is 3.43. The van der Waals surface area contributed by atoms with Crippen LogP contribution in [0.15, 0.2) is 48.1 Å². The molecule has 6 nitrogen and oxygen atoms in total. The summed E-state index contributed by atoms with van der Waals surface area (Å²) in [5, 5.41) is 6.49. The number of hydrogen-bond acceptors (Lipinski definition) is 5. The molecule has 4 aromatic rings. The van der Waals surface area contributed by atoms with E-state index in [1.165, 1.54) is 6.33 Å². The van der Waals surface area contributed by atoms with E-state index in [9.17, 15) is 4.79 Å². The van der Waals surface area contributed by atoms with Gasteiger partial charge in [0, 0.05) is 18.1 Å². The van der Waals surface area contributed by atoms with Gasteiger partial charge < -0.3 is 9.88 Å². The number of benzene rings is 1. The Morgan fingerprint density at radius 3 is 2.74 bits per heavy atom. The molecule has 1 aromatic carbocycles. The monoisotopic (exact) mass is 373 g/mol. The normalized spacial score (nSPS) is 10.4. The van der Waals surface area contributed by atoms with Gasteiger partial charge in [0.15, 0.2) is 0 Å². The first-order chi connectivity index (χ1) is 13.1. The first-order valence-electron chi connectivity index (χ1n) is 8.23. The SMILES string of the molecule is Cc1nc(C#Cc2ncnc3c2cc(C(=O)Nc2ccccc2)n3C)cs1. The van der Waals surface area contributed by atoms with Crippen LogP contribution >= 0.6 is 11.3 Å². The smallest absolute Gasteiger partial charge is 0.272 e. The van der Waals surface area contributed by atoms with Crippen LogP contribution in [0.3, 0.4) is 0 Å². The predicted octanol–water partition coefficient (Wildman–Crippen LogP) is 3.39. The predicted molar refractivity (Wildman–Crippen MR) is 106 cm³/mol. The van der Waals surface area contributed by atoms with Gasteiger partial charge in [-0.3, -0.25) is 4.79 Å². The van der Waals surface area contributed by atoms with Crippen LogP contribution < -0.4 is 5.32 Å². The summed E-state index contributed by atoms with van der Waals surface area (Å²) in [5.74, 6) is 5.85. The number of nitrogens with one attached hydrogen (secondary N) is 1. The number of fused-ring (bicyclic) bond motifs is 1. The van der Waals surface area contributed by atoms with Gasteiger partial charge in [0.25, 0.3) is 5.91 Å². The second-order valence-electron chi connectivity index (χ2n) is 5.87. The molecule has 0 spiro atoms. The minimum Gasteiger partial charge on any atom is -0.324 e. The molecule has 0 atom stereocenters. The van der Waals surface area contributed by atoms with Crippen molar-refractivity contribution >= 4 is 34.0 Å². The zero-order valence-corrected chi connectivity index (χ0v) is 15.5. The van der Waals surface area contributed by atoms with E-state index in [0.717, 1.165) is 16.1 Å². The molecular weight excluding hydrogens is 358 g/mol. The number of hydrogen-bond donors (Lipinski definition) is 1. The quantitative estimate of drug-likeness (QED) is 0.547. The molecule has 0 aliphatic carbocycles. The standard InChI is InChI=1S/C20H15N5OS/c1-13-23-15(11-27-13)8-9-17-16-10-18(25(2)19(16)22-12-21-17)20(26)24-14-6-4-3-5-7-14/h3-7,10-12H,1-2H3,(H,24,26). The van der Waals surface area contributed by atoms with Crippen LogP contribution in [0, 0.1) is 18.8 Å². The average Bonchev–Trinajstić information content (AvgIpc) is 3.24. The molecule has 7 heteroatoms. The van der Waals surface area contributed by atoms with Crippen LogP contribution in [0.25, 0.3) is 11.0 Å². The number of aromatic nitrogens is 4. The average molecular weight is 373 g/mol. The van der Waals surface area contributed by atoms with E-state index in [0.29, 0.717) is 22.7 Å². The fraction of sp³-hybridized carbons (Fsp3) is 0.100. The number of carbonyl (C=O) groups excluding carboxylic acids is 1. The van der Waals surface area contributed by atoms with Crippen molar-refractivity contribution in [2.24, 2.45) is 7.05 Å². The number of para-hydroxylation sites is 1. The molecule has 0 fully saturated rings. The van der Waals surface area contributed by atoms with Crippen molar-refractivity contribution in [1.82, 2.24) is 19.5 Å². The number of carbonyl (C=O) groups is 1. The summed E-state index contributed by atoms with van der Waals surface area (Å²) < 4.78 is 1.74. The second kappa shape index (κ2) is 7.02. The first-order valence-corrected chi connectivity index (χ1v) is 9.11. The van der Waals surface area contributed by atoms with Crippen molar-refractivity contribution in [1.29, 1.82) is 0 Å². The number of rotatable bonds is 2. The van der Waals surface area contributed by atoms with Gasteiger partial charge in [-0.2, -0.15) is 0 Å². The summed E-state index contributed by atoms with van der Waals surface area (Å²) in [5.41, 5.74) is 3.16. The van der Waals surface area contributed by atoms with E-state index in [2.05, 4.69) is 32.1 Å². The van der Waals surface area contributed by atoms with E-state index < -0.39 is 0 Å². The van der Waals surface area contributed by atoms with Gasteiger partial charge in [0.05, 0.1) is 10.4 Å². The minimum atomic E-state index is -0.212. The van der Waals surface area contributed by atoms with Crippen molar-refractivity contribution in [2.75, 3.05) is 5.32 Å². The Morgan fingerprint density at radius 2 is 2.00 bits per heavy atom. The lowest BCUT2D eigenvalue weighted by molar-refractivity contribution is 0.101. The van der Waals surface area contributed by atoms with Crippen LogP contribution in [0.2, 0.25) is 0 Å². The highest BCUT2D eigenvalue weighted by Gasteiger charge is 2.16. The summed E-state index contributed by atoms with van der Waals surface area (Å²) in [6, 6.07) is 11.1. The lowest BCUT2D eigenvalue weighted by Gasteiger charge is -2.05. The number of aryl methyl sites for hydroxylation is 2. The molecule has 27 heavy (non-hydrogen) atoms. The van der Waals surface area contributed by atoms with Gasteiger partial charge in [-0.1, -0.05) is 18.2 Å². The maximum Gasteiger partial charge on any atom is 0.272 e. The third-order valence-corrected chi connectivity index (χ3v) is 4.79. The highest BCUT2D eigenvalue weighted by Crippen LogP contribution is 2.20. The summed E-state index contributed by atoms with van der Waals surface area (Å²) in [4.78, 5) is 25.6. The highest BCUT2D eigenvalue weighted by atomic mass is 32.1. The molecule has 0 bridgehead atoms. The van der Waals surface area contributed by atoms with Crippen LogP contribution in [0.5, 0.6) is 0 Å². The van der Waals surface area contributed by atoms with E-state index in [1.54, 1.807) is 29.0 Å². The molecule has 0 radical (unpaired) electrons. The lowest BCUT2D eigenvalue weighted by Crippen LogP contribution is -2.15. The van der Waals surface area contributed by atoms with E-state index in [1.807, 2.05) is 42.6 Å². The van der Waals surface area contributed by atoms with Crippen LogP contribution in [-0.4, -0.2) is 25.4 Å². The van der Waals surface area contributed by atoms with Crippen molar-refractivity contribution in [3.05, 3.63) is 70.2 Å². The molecule has 0 unspecified atom stereocenters. The van der Waals surface area contributed by atoms with Crippen molar-refractivity contribution in [3.63, 3.8) is 0 Å². The highest BCUT2D eigenvalue weighted by molar-refractivity contribution is 7.09. The van der Waals surface area contributed by atoms with E-state index in [-0.39, 0.29) is 5.91 Å². The molecule has 3 heterocycles. The van der Waals surface area contributed by atoms with E-state index in [4.69, 9.17) is 0 Å². The Kier molecular flexibility index (Phi) is 4.40. The zero-order valence-electron chi connectivity index (χ0n) is 14.7. The van der Waals surface area contributed by atoms with E-state index >= 15 is 0 Å². The first kappa shape index (κ1) is 16.9. The number of amides is 1. The molecule has 3 aromatic heterocycles. The van der Waals surface area contributed by atoms with Gasteiger partial charge in [-0.15, -0.1) is 11.3 Å². The van der Waals surface area contributed by atoms with Crippen LogP contribution in [0.4, 0.5) is 5.69 Å². The fourth-order valence-electron chi connectivity index (χ4n) is 2.71. The fourth-order valence-corrected chi connectivity index (χ4v) is 3.26. The molecule has 0 saturated heterocycles. The second-order valence-corrected chi connectivity index (χ2v) is 6.93. The molecule has 1 amide bonds. The number of nitrogens with zero attached hydrogens (tertiary/aromatic N) is 4. The summed E-state index contributed by atoms with van der Waals surface area (Å²) in [6.45, 7) is 1.94. The van der Waals surface area contributed by atoms with Gasteiger partial charge in [-0.05, 0) is 37.0 Å². The van der Waals surface area contributed by atoms with Crippen molar-refractivity contribution in [3.8, 4) is 11.8 Å². The van der Waals surface area contributed by atoms with Crippen molar-refractivity contribution in [2.45, 2.75) is 6.92 Å². The Hall–Kier alpha value is -3.50. The van der Waals surface area contributed by atoms with Crippen LogP contribution in [0.1, 0.15) is 26.9 Å². The minimum absolute atomic E-state index is 0.212. The maximum atomic E-state index is 12.7. The largest absolute Gasteiger partial charge is 0.324 e. The maximum absolute atomic E-state index is 12.7. The summed E-state index contributed by atoms with van der Waals surface area (Å²) in [6.07, 6.45) is 1.46. The van der Waals surface area contributed by atoms with Gasteiger partial charge in [0.1, 0.15) is 29.1 Å². The molecule has 1 N–H and O–H groups in total. The Morgan fingerprint density at radius 1 is 1.19 bits per heavy atom. The van der Waals surface area contributed by atoms with Crippen molar-refractivity contribution < 1.29 is 4.79 Å². The topological polar surface area (TPSA) is 72.7 Å². The Balaban J connectivity index is 1.71. The molecule has 4 rings (SSSR count). The van der Waals surface area contributed by atoms with Gasteiger partial charge in [-0.25, -0.2) is 15.0 Å². The summed E-state index contributed by atoms with van der Waals surface area (Å²) in [7, 11) is 1.80. The number of thiazole rings is 1. The van der Waals surface area contributed by atoms with Gasteiger partial charge >= 0.3 is 0 Å². The molecule has 132 valence electrons. The Bertz CT molecular complexity index is 1200. The molecule has 0 aliphatic heterocycles. The molecule has 0 aliphatic rings.